The van der Waals surface area contributed by atoms with Gasteiger partial charge >= 0.3 is 5.97 Å². The molecular formula is C65H125NO5. The second-order valence-electron chi connectivity index (χ2n) is 22.1. The number of aliphatic hydroxyl groups excluding tert-OH is 2. The maximum Gasteiger partial charge on any atom is 0.305 e. The number of hydrogen-bond donors (Lipinski definition) is 3. The molecule has 0 saturated carbocycles. The summed E-state index contributed by atoms with van der Waals surface area (Å²) in [6, 6.07) is -0.541. The third-order valence-electron chi connectivity index (χ3n) is 15.0. The van der Waals surface area contributed by atoms with Crippen molar-refractivity contribution >= 4 is 11.9 Å². The fourth-order valence-corrected chi connectivity index (χ4v) is 10.0. The van der Waals surface area contributed by atoms with Gasteiger partial charge in [0.1, 0.15) is 0 Å². The third kappa shape index (κ3) is 57.5. The maximum atomic E-state index is 12.4. The van der Waals surface area contributed by atoms with Gasteiger partial charge in [0.15, 0.2) is 0 Å². The number of carbonyl (C=O) groups is 2. The van der Waals surface area contributed by atoms with Gasteiger partial charge in [0.05, 0.1) is 25.4 Å². The molecule has 0 aromatic rings. The lowest BCUT2D eigenvalue weighted by Gasteiger charge is -2.22. The summed E-state index contributed by atoms with van der Waals surface area (Å²) in [5.74, 6) is -0.0254. The van der Waals surface area contributed by atoms with Gasteiger partial charge in [0.2, 0.25) is 5.91 Å². The smallest absolute Gasteiger partial charge is 0.305 e. The summed E-state index contributed by atoms with van der Waals surface area (Å²) < 4.78 is 5.49. The van der Waals surface area contributed by atoms with E-state index >= 15 is 0 Å². The highest BCUT2D eigenvalue weighted by Crippen LogP contribution is 2.18. The Morgan fingerprint density at radius 3 is 1.00 bits per heavy atom. The summed E-state index contributed by atoms with van der Waals surface area (Å²) in [6.45, 7) is 4.96. The molecule has 6 nitrogen and oxygen atoms in total. The number of carbonyl (C=O) groups excluding carboxylic acids is 2. The molecule has 0 rings (SSSR count). The third-order valence-corrected chi connectivity index (χ3v) is 15.0. The van der Waals surface area contributed by atoms with E-state index < -0.39 is 12.1 Å². The molecule has 2 unspecified atom stereocenters. The van der Waals surface area contributed by atoms with Crippen molar-refractivity contribution in [2.45, 2.75) is 366 Å². The predicted molar refractivity (Wildman–Crippen MR) is 310 cm³/mol. The molecule has 0 saturated heterocycles. The Kier molecular flexibility index (Phi) is 59.5. The molecule has 0 bridgehead atoms. The van der Waals surface area contributed by atoms with Crippen LogP contribution in [0.5, 0.6) is 0 Å². The highest BCUT2D eigenvalue weighted by atomic mass is 16.5. The maximum absolute atomic E-state index is 12.4. The van der Waals surface area contributed by atoms with E-state index in [0.29, 0.717) is 25.9 Å². The first-order chi connectivity index (χ1) is 35.0. The summed E-state index contributed by atoms with van der Waals surface area (Å²) in [4.78, 5) is 24.5. The Balaban J connectivity index is 3.36. The van der Waals surface area contributed by atoms with Crippen LogP contribution < -0.4 is 5.32 Å². The lowest BCUT2D eigenvalue weighted by atomic mass is 10.0. The lowest BCUT2D eigenvalue weighted by molar-refractivity contribution is -0.143. The molecule has 0 aromatic carbocycles. The van der Waals surface area contributed by atoms with Crippen LogP contribution in [0, 0.1) is 0 Å². The Labute approximate surface area is 443 Å². The molecule has 0 spiro atoms. The van der Waals surface area contributed by atoms with Crippen LogP contribution in [0.3, 0.4) is 0 Å². The average molecular weight is 1000 g/mol. The van der Waals surface area contributed by atoms with Crippen molar-refractivity contribution in [3.05, 3.63) is 24.3 Å². The molecule has 6 heteroatoms. The minimum absolute atomic E-state index is 0.0113. The number of aliphatic hydroxyl groups is 2. The van der Waals surface area contributed by atoms with Crippen LogP contribution >= 0.6 is 0 Å². The van der Waals surface area contributed by atoms with E-state index in [-0.39, 0.29) is 18.5 Å². The zero-order valence-corrected chi connectivity index (χ0v) is 48.0. The van der Waals surface area contributed by atoms with Crippen LogP contribution in [0.2, 0.25) is 0 Å². The van der Waals surface area contributed by atoms with Crippen molar-refractivity contribution in [3.63, 3.8) is 0 Å². The molecule has 0 fully saturated rings. The van der Waals surface area contributed by atoms with Gasteiger partial charge < -0.3 is 20.3 Å². The minimum Gasteiger partial charge on any atom is -0.466 e. The normalized spacial score (nSPS) is 12.7. The van der Waals surface area contributed by atoms with E-state index in [1.54, 1.807) is 0 Å². The molecule has 0 aliphatic carbocycles. The van der Waals surface area contributed by atoms with Crippen LogP contribution in [0.25, 0.3) is 0 Å². The molecule has 1 amide bonds. The molecule has 2 atom stereocenters. The number of nitrogens with one attached hydrogen (secondary N) is 1. The number of rotatable bonds is 60. The zero-order valence-electron chi connectivity index (χ0n) is 48.0. The van der Waals surface area contributed by atoms with Gasteiger partial charge in [0, 0.05) is 12.8 Å². The van der Waals surface area contributed by atoms with Gasteiger partial charge in [-0.2, -0.15) is 0 Å². The second-order valence-corrected chi connectivity index (χ2v) is 22.1. The van der Waals surface area contributed by atoms with Crippen molar-refractivity contribution in [1.82, 2.24) is 5.32 Å². The number of hydrogen-bond acceptors (Lipinski definition) is 5. The average Bonchev–Trinajstić information content (AvgIpc) is 3.37. The molecular weight excluding hydrogens is 875 g/mol. The van der Waals surface area contributed by atoms with Gasteiger partial charge in [-0.15, -0.1) is 0 Å². The summed E-state index contributed by atoms with van der Waals surface area (Å²) in [6.07, 6.45) is 74.9. The first kappa shape index (κ1) is 69.3. The van der Waals surface area contributed by atoms with Gasteiger partial charge in [-0.05, 0) is 77.0 Å². The van der Waals surface area contributed by atoms with E-state index in [1.807, 2.05) is 0 Å². The molecule has 420 valence electrons. The van der Waals surface area contributed by atoms with E-state index in [2.05, 4.69) is 43.5 Å². The summed E-state index contributed by atoms with van der Waals surface area (Å²) in [7, 11) is 0. The number of unbranched alkanes of at least 4 members (excludes halogenated alkanes) is 45. The van der Waals surface area contributed by atoms with Gasteiger partial charge in [-0.3, -0.25) is 9.59 Å². The Morgan fingerprint density at radius 2 is 0.662 bits per heavy atom. The highest BCUT2D eigenvalue weighted by molar-refractivity contribution is 5.76. The van der Waals surface area contributed by atoms with Gasteiger partial charge in [-0.25, -0.2) is 0 Å². The Bertz CT molecular complexity index is 1110. The van der Waals surface area contributed by atoms with Crippen LogP contribution in [0.4, 0.5) is 0 Å². The predicted octanol–water partition coefficient (Wildman–Crippen LogP) is 20.2. The minimum atomic E-state index is -0.664. The quantitative estimate of drug-likeness (QED) is 0.0320. The fourth-order valence-electron chi connectivity index (χ4n) is 10.0. The van der Waals surface area contributed by atoms with Gasteiger partial charge in [0.25, 0.3) is 0 Å². The second kappa shape index (κ2) is 60.9. The van der Waals surface area contributed by atoms with Crippen LogP contribution in [0.1, 0.15) is 354 Å². The van der Waals surface area contributed by atoms with Gasteiger partial charge in [-0.1, -0.05) is 289 Å². The number of ether oxygens (including phenoxy) is 1. The van der Waals surface area contributed by atoms with E-state index in [0.717, 1.165) is 44.9 Å². The largest absolute Gasteiger partial charge is 0.466 e. The fraction of sp³-hybridized carbons (Fsp3) is 0.908. The first-order valence-corrected chi connectivity index (χ1v) is 32.1. The zero-order chi connectivity index (χ0) is 51.4. The molecule has 0 aliphatic heterocycles. The molecule has 0 aliphatic rings. The van der Waals surface area contributed by atoms with Crippen molar-refractivity contribution in [2.75, 3.05) is 13.2 Å². The van der Waals surface area contributed by atoms with Crippen molar-refractivity contribution in [3.8, 4) is 0 Å². The topological polar surface area (TPSA) is 95.9 Å². The molecule has 3 N–H and O–H groups in total. The molecule has 0 aromatic heterocycles. The number of amides is 1. The monoisotopic (exact) mass is 1000 g/mol. The van der Waals surface area contributed by atoms with Crippen molar-refractivity contribution in [1.29, 1.82) is 0 Å². The lowest BCUT2D eigenvalue weighted by Crippen LogP contribution is -2.45. The van der Waals surface area contributed by atoms with Crippen LogP contribution in [0.15, 0.2) is 24.3 Å². The van der Waals surface area contributed by atoms with Crippen molar-refractivity contribution < 1.29 is 24.5 Å². The Hall–Kier alpha value is -1.66. The van der Waals surface area contributed by atoms with Crippen LogP contribution in [-0.4, -0.2) is 47.4 Å². The standard InChI is InChI=1S/C65H125NO5/c1-3-5-7-9-11-13-15-16-17-28-32-35-39-43-47-51-55-59-65(70)71-60-56-52-48-44-40-36-33-30-27-25-23-21-19-18-20-22-24-26-29-31-34-38-42-46-50-54-58-64(69)66-62(61-67)63(68)57-53-49-45-41-37-14-12-10-8-6-4-2/h16-18,20,62-63,67-68H,3-15,19,21-61H2,1-2H3,(H,66,69)/b17-16-,20-18-. The Morgan fingerprint density at radius 1 is 0.380 bits per heavy atom. The molecule has 71 heavy (non-hydrogen) atoms. The molecule has 0 radical (unpaired) electrons. The summed E-state index contributed by atoms with van der Waals surface area (Å²) >= 11 is 0. The summed E-state index contributed by atoms with van der Waals surface area (Å²) in [5, 5.41) is 23.2. The van der Waals surface area contributed by atoms with E-state index in [4.69, 9.17) is 4.74 Å². The highest BCUT2D eigenvalue weighted by Gasteiger charge is 2.20. The van der Waals surface area contributed by atoms with Crippen molar-refractivity contribution in [2.24, 2.45) is 0 Å². The van der Waals surface area contributed by atoms with E-state index in [9.17, 15) is 19.8 Å². The summed E-state index contributed by atoms with van der Waals surface area (Å²) in [5.41, 5.74) is 0. The molecule has 0 heterocycles. The number of allylic oxidation sites excluding steroid dienone is 4. The van der Waals surface area contributed by atoms with E-state index in [1.165, 1.54) is 276 Å². The number of esters is 1. The van der Waals surface area contributed by atoms with Crippen LogP contribution in [-0.2, 0) is 14.3 Å². The first-order valence-electron chi connectivity index (χ1n) is 32.1. The SMILES string of the molecule is CCCCCCCC/C=C\CCCCCCCCCC(=O)OCCCCCCCCCCCCCC/C=C\CCCCCCCCCCCCC(=O)NC(CO)C(O)CCCCCCCCCCCCC.